The molecule has 0 saturated carbocycles. The van der Waals surface area contributed by atoms with Gasteiger partial charge in [0, 0.05) is 18.8 Å². The van der Waals surface area contributed by atoms with Crippen molar-refractivity contribution >= 4 is 34.0 Å². The first-order valence-corrected chi connectivity index (χ1v) is 9.68. The highest BCUT2D eigenvalue weighted by atomic mass is 16.5. The molecule has 0 aromatic heterocycles. The van der Waals surface area contributed by atoms with E-state index < -0.39 is 12.0 Å². The molecule has 156 valence electrons. The minimum Gasteiger partial charge on any atom is -0.495 e. The zero-order valence-electron chi connectivity index (χ0n) is 16.7. The van der Waals surface area contributed by atoms with Gasteiger partial charge in [-0.05, 0) is 35.0 Å². The van der Waals surface area contributed by atoms with Crippen LogP contribution in [0.2, 0.25) is 0 Å². The van der Waals surface area contributed by atoms with Crippen molar-refractivity contribution in [1.29, 1.82) is 0 Å². The standard InChI is InChI=1S/C23H25N3O4/c1-30-21-9-5-4-8-19(21)24-12-13-25-20(23(28)29)15-22(27)26-18-11-10-16-6-2-3-7-17(16)14-18/h2-11,14,20,24-25H,12-13,15H2,1H3,(H,26,27)(H,28,29). The van der Waals surface area contributed by atoms with E-state index in [1.54, 1.807) is 13.2 Å². The summed E-state index contributed by atoms with van der Waals surface area (Å²) in [6.07, 6.45) is -0.170. The van der Waals surface area contributed by atoms with E-state index in [0.717, 1.165) is 16.5 Å². The number of methoxy groups -OCH3 is 1. The number of hydrogen-bond donors (Lipinski definition) is 4. The number of nitrogens with one attached hydrogen (secondary N) is 3. The first-order chi connectivity index (χ1) is 14.6. The third-order valence-corrected chi connectivity index (χ3v) is 4.66. The fraction of sp³-hybridized carbons (Fsp3) is 0.217. The average molecular weight is 407 g/mol. The number of aliphatic carboxylic acids is 1. The summed E-state index contributed by atoms with van der Waals surface area (Å²) in [5, 5.41) is 20.4. The van der Waals surface area contributed by atoms with Gasteiger partial charge in [-0.25, -0.2) is 0 Å². The Labute approximate surface area is 175 Å². The second-order valence-electron chi connectivity index (χ2n) is 6.79. The summed E-state index contributed by atoms with van der Waals surface area (Å²) in [6, 6.07) is 19.9. The monoisotopic (exact) mass is 407 g/mol. The number of carbonyl (C=O) groups excluding carboxylic acids is 1. The molecule has 1 atom stereocenters. The summed E-state index contributed by atoms with van der Waals surface area (Å²) in [4.78, 5) is 23.9. The normalized spacial score (nSPS) is 11.6. The van der Waals surface area contributed by atoms with Gasteiger partial charge in [0.1, 0.15) is 11.8 Å². The van der Waals surface area contributed by atoms with Crippen molar-refractivity contribution in [2.24, 2.45) is 0 Å². The van der Waals surface area contributed by atoms with Crippen LogP contribution in [-0.4, -0.2) is 43.2 Å². The summed E-state index contributed by atoms with van der Waals surface area (Å²) in [5.74, 6) is -0.717. The van der Waals surface area contributed by atoms with Crippen LogP contribution in [0.5, 0.6) is 5.75 Å². The van der Waals surface area contributed by atoms with Crippen LogP contribution in [0.15, 0.2) is 66.7 Å². The fourth-order valence-corrected chi connectivity index (χ4v) is 3.15. The van der Waals surface area contributed by atoms with Gasteiger partial charge in [0.05, 0.1) is 19.2 Å². The van der Waals surface area contributed by atoms with Crippen LogP contribution in [0.3, 0.4) is 0 Å². The van der Waals surface area contributed by atoms with Gasteiger partial charge in [-0.15, -0.1) is 0 Å². The molecule has 0 bridgehead atoms. The SMILES string of the molecule is COc1ccccc1NCCNC(CC(=O)Nc1ccc2ccccc2c1)C(=O)O. The van der Waals surface area contributed by atoms with Crippen molar-refractivity contribution in [2.45, 2.75) is 12.5 Å². The zero-order chi connectivity index (χ0) is 21.3. The molecule has 7 nitrogen and oxygen atoms in total. The molecule has 30 heavy (non-hydrogen) atoms. The maximum Gasteiger partial charge on any atom is 0.321 e. The van der Waals surface area contributed by atoms with E-state index in [0.29, 0.717) is 24.5 Å². The maximum absolute atomic E-state index is 12.4. The molecule has 4 N–H and O–H groups in total. The van der Waals surface area contributed by atoms with Crippen molar-refractivity contribution < 1.29 is 19.4 Å². The van der Waals surface area contributed by atoms with Crippen molar-refractivity contribution in [3.05, 3.63) is 66.7 Å². The molecular formula is C23H25N3O4. The molecule has 0 heterocycles. The van der Waals surface area contributed by atoms with E-state index in [1.165, 1.54) is 0 Å². The Morgan fingerprint density at radius 2 is 1.70 bits per heavy atom. The summed E-state index contributed by atoms with van der Waals surface area (Å²) >= 11 is 0. The number of para-hydroxylation sites is 2. The lowest BCUT2D eigenvalue weighted by Gasteiger charge is -2.16. The number of rotatable bonds is 10. The Balaban J connectivity index is 1.50. The van der Waals surface area contributed by atoms with E-state index in [-0.39, 0.29) is 12.3 Å². The Bertz CT molecular complexity index is 1020. The summed E-state index contributed by atoms with van der Waals surface area (Å²) in [7, 11) is 1.59. The van der Waals surface area contributed by atoms with Gasteiger partial charge in [0.15, 0.2) is 0 Å². The summed E-state index contributed by atoms with van der Waals surface area (Å²) in [5.41, 5.74) is 1.46. The van der Waals surface area contributed by atoms with Crippen LogP contribution in [0.1, 0.15) is 6.42 Å². The van der Waals surface area contributed by atoms with Gasteiger partial charge in [-0.3, -0.25) is 9.59 Å². The number of carboxylic acid groups (broad SMARTS) is 1. The fourth-order valence-electron chi connectivity index (χ4n) is 3.15. The number of ether oxygens (including phenoxy) is 1. The largest absolute Gasteiger partial charge is 0.495 e. The molecule has 1 amide bonds. The van der Waals surface area contributed by atoms with E-state index in [2.05, 4.69) is 16.0 Å². The lowest BCUT2D eigenvalue weighted by molar-refractivity contribution is -0.141. The highest BCUT2D eigenvalue weighted by Gasteiger charge is 2.20. The Hall–Kier alpha value is -3.58. The van der Waals surface area contributed by atoms with Crippen molar-refractivity contribution in [3.8, 4) is 5.75 Å². The van der Waals surface area contributed by atoms with Crippen LogP contribution in [0.25, 0.3) is 10.8 Å². The Kier molecular flexibility index (Phi) is 7.24. The molecule has 1 unspecified atom stereocenters. The number of fused-ring (bicyclic) bond motifs is 1. The first kappa shape index (κ1) is 21.1. The lowest BCUT2D eigenvalue weighted by atomic mass is 10.1. The average Bonchev–Trinajstić information content (AvgIpc) is 2.75. The Morgan fingerprint density at radius 3 is 2.47 bits per heavy atom. The minimum atomic E-state index is -1.07. The molecule has 0 saturated heterocycles. The molecule has 0 aliphatic carbocycles. The second kappa shape index (κ2) is 10.3. The van der Waals surface area contributed by atoms with Gasteiger partial charge in [0.2, 0.25) is 5.91 Å². The van der Waals surface area contributed by atoms with Gasteiger partial charge >= 0.3 is 5.97 Å². The minimum absolute atomic E-state index is 0.170. The predicted molar refractivity (Wildman–Crippen MR) is 118 cm³/mol. The zero-order valence-corrected chi connectivity index (χ0v) is 16.7. The van der Waals surface area contributed by atoms with Crippen molar-refractivity contribution in [1.82, 2.24) is 5.32 Å². The summed E-state index contributed by atoms with van der Waals surface area (Å²) in [6.45, 7) is 0.856. The number of carboxylic acids is 1. The number of anilines is 2. The summed E-state index contributed by atoms with van der Waals surface area (Å²) < 4.78 is 5.27. The van der Waals surface area contributed by atoms with E-state index in [1.807, 2.05) is 60.7 Å². The molecule has 0 radical (unpaired) electrons. The molecular weight excluding hydrogens is 382 g/mol. The molecule has 0 aliphatic heterocycles. The van der Waals surface area contributed by atoms with Gasteiger partial charge in [-0.1, -0.05) is 42.5 Å². The van der Waals surface area contributed by atoms with Gasteiger partial charge < -0.3 is 25.8 Å². The first-order valence-electron chi connectivity index (χ1n) is 9.68. The van der Waals surface area contributed by atoms with E-state index in [9.17, 15) is 14.7 Å². The number of hydrogen-bond acceptors (Lipinski definition) is 5. The smallest absolute Gasteiger partial charge is 0.321 e. The number of benzene rings is 3. The number of carbonyl (C=O) groups is 2. The Morgan fingerprint density at radius 1 is 0.967 bits per heavy atom. The van der Waals surface area contributed by atoms with Crippen LogP contribution in [0, 0.1) is 0 Å². The highest BCUT2D eigenvalue weighted by Crippen LogP contribution is 2.22. The predicted octanol–water partition coefficient (Wildman–Crippen LogP) is 3.33. The number of amides is 1. The van der Waals surface area contributed by atoms with Crippen molar-refractivity contribution in [2.75, 3.05) is 30.8 Å². The van der Waals surface area contributed by atoms with Gasteiger partial charge in [0.25, 0.3) is 0 Å². The van der Waals surface area contributed by atoms with Crippen LogP contribution >= 0.6 is 0 Å². The third-order valence-electron chi connectivity index (χ3n) is 4.66. The van der Waals surface area contributed by atoms with Gasteiger partial charge in [-0.2, -0.15) is 0 Å². The maximum atomic E-state index is 12.4. The molecule has 0 spiro atoms. The second-order valence-corrected chi connectivity index (χ2v) is 6.79. The molecule has 3 aromatic carbocycles. The van der Waals surface area contributed by atoms with Crippen LogP contribution in [-0.2, 0) is 9.59 Å². The van der Waals surface area contributed by atoms with Crippen LogP contribution < -0.4 is 20.7 Å². The van der Waals surface area contributed by atoms with Crippen LogP contribution in [0.4, 0.5) is 11.4 Å². The molecule has 7 heteroatoms. The molecule has 3 rings (SSSR count). The lowest BCUT2D eigenvalue weighted by Crippen LogP contribution is -2.41. The quantitative estimate of drug-likeness (QED) is 0.385. The topological polar surface area (TPSA) is 99.7 Å². The third kappa shape index (κ3) is 5.71. The van der Waals surface area contributed by atoms with E-state index in [4.69, 9.17) is 4.74 Å². The molecule has 0 fully saturated rings. The van der Waals surface area contributed by atoms with E-state index >= 15 is 0 Å². The molecule has 3 aromatic rings. The highest BCUT2D eigenvalue weighted by molar-refractivity contribution is 5.96. The molecule has 0 aliphatic rings. The van der Waals surface area contributed by atoms with Crippen molar-refractivity contribution in [3.63, 3.8) is 0 Å².